The van der Waals surface area contributed by atoms with E-state index in [1.165, 1.54) is 0 Å². The molecule has 1 aromatic carbocycles. The minimum Gasteiger partial charge on any atom is -0.475 e. The van der Waals surface area contributed by atoms with E-state index in [2.05, 4.69) is 17.0 Å². The van der Waals surface area contributed by atoms with Gasteiger partial charge in [-0.2, -0.15) is 17.3 Å². The molecule has 0 spiro atoms. The largest absolute Gasteiger partial charge is 0.490 e. The van der Waals surface area contributed by atoms with Crippen LogP contribution in [0.4, 0.5) is 13.2 Å². The zero-order valence-electron chi connectivity index (χ0n) is 17.2. The number of carbonyl (C=O) groups is 2. The van der Waals surface area contributed by atoms with Gasteiger partial charge in [0.05, 0.1) is 11.8 Å². The molecule has 2 bridgehead atoms. The van der Waals surface area contributed by atoms with E-state index in [1.54, 1.807) is 24.3 Å². The van der Waals surface area contributed by atoms with Gasteiger partial charge in [-0.05, 0) is 26.0 Å². The van der Waals surface area contributed by atoms with Gasteiger partial charge in [-0.25, -0.2) is 18.0 Å². The molecule has 0 radical (unpaired) electrons. The van der Waals surface area contributed by atoms with Crippen LogP contribution in [0.1, 0.15) is 36.2 Å². The fraction of sp³-hybridized carbons (Fsp3) is 0.526. The third-order valence-corrected chi connectivity index (χ3v) is 6.54. The molecule has 3 heterocycles. The van der Waals surface area contributed by atoms with Crippen molar-refractivity contribution in [1.29, 1.82) is 0 Å². The minimum absolute atomic E-state index is 0.0623. The number of carboxylic acids is 1. The molecule has 9 nitrogen and oxygen atoms in total. The van der Waals surface area contributed by atoms with Gasteiger partial charge in [0.15, 0.2) is 5.69 Å². The van der Waals surface area contributed by atoms with Crippen LogP contribution in [0, 0.1) is 0 Å². The Balaban J connectivity index is 0.000000360. The molecule has 2 aromatic rings. The highest BCUT2D eigenvalue weighted by molar-refractivity contribution is 7.89. The number of carboxylic acid groups (broad SMARTS) is 1. The summed E-state index contributed by atoms with van der Waals surface area (Å²) in [7, 11) is -1.47. The summed E-state index contributed by atoms with van der Waals surface area (Å²) >= 11 is 0. The number of hydrogen-bond acceptors (Lipinski definition) is 7. The second kappa shape index (κ2) is 8.70. The molecule has 1 aromatic heterocycles. The molecule has 176 valence electrons. The van der Waals surface area contributed by atoms with Gasteiger partial charge in [-0.3, -0.25) is 0 Å². The lowest BCUT2D eigenvalue weighted by atomic mass is 10.0. The first kappa shape index (κ1) is 24.0. The van der Waals surface area contributed by atoms with Crippen molar-refractivity contribution in [1.82, 2.24) is 14.1 Å². The normalized spacial score (nSPS) is 23.5. The van der Waals surface area contributed by atoms with E-state index in [4.69, 9.17) is 14.6 Å². The van der Waals surface area contributed by atoms with Crippen molar-refractivity contribution in [3.8, 4) is 0 Å². The van der Waals surface area contributed by atoms with Crippen LogP contribution in [-0.2, 0) is 19.6 Å². The molecule has 13 heteroatoms. The van der Waals surface area contributed by atoms with Gasteiger partial charge in [-0.15, -0.1) is 5.10 Å². The van der Waals surface area contributed by atoms with Crippen molar-refractivity contribution in [3.63, 3.8) is 0 Å². The van der Waals surface area contributed by atoms with Gasteiger partial charge in [-0.1, -0.05) is 18.2 Å². The summed E-state index contributed by atoms with van der Waals surface area (Å²) in [5.74, 6) is -3.31. The second-order valence-corrected chi connectivity index (χ2v) is 9.64. The predicted molar refractivity (Wildman–Crippen MR) is 107 cm³/mol. The molecule has 32 heavy (non-hydrogen) atoms. The van der Waals surface area contributed by atoms with Crippen molar-refractivity contribution in [2.24, 2.45) is 0 Å². The molecule has 2 fully saturated rings. The van der Waals surface area contributed by atoms with E-state index >= 15 is 0 Å². The number of alkyl halides is 3. The summed E-state index contributed by atoms with van der Waals surface area (Å²) in [5.41, 5.74) is 0.452. The number of nitrogens with zero attached hydrogens (tertiary/aromatic N) is 3. The van der Waals surface area contributed by atoms with Gasteiger partial charge >= 0.3 is 18.1 Å². The van der Waals surface area contributed by atoms with Crippen LogP contribution < -0.4 is 0 Å². The lowest BCUT2D eigenvalue weighted by Gasteiger charge is -2.35. The fourth-order valence-electron chi connectivity index (χ4n) is 4.11. The number of piperidine rings is 1. The number of aliphatic carboxylic acids is 1. The number of aromatic nitrogens is 2. The number of carbonyl (C=O) groups excluding carboxylic acids is 1. The Labute approximate surface area is 181 Å². The van der Waals surface area contributed by atoms with E-state index in [9.17, 15) is 26.4 Å². The molecule has 2 aliphatic heterocycles. The maximum atomic E-state index is 12.7. The highest BCUT2D eigenvalue weighted by Gasteiger charge is 2.40. The summed E-state index contributed by atoms with van der Waals surface area (Å²) in [5, 5.41) is 11.7. The Hall–Kier alpha value is -2.67. The molecule has 2 aliphatic rings. The fourth-order valence-corrected chi connectivity index (χ4v) is 4.85. The van der Waals surface area contributed by atoms with Crippen molar-refractivity contribution >= 4 is 32.9 Å². The van der Waals surface area contributed by atoms with Gasteiger partial charge in [0.25, 0.3) is 10.0 Å². The lowest BCUT2D eigenvalue weighted by molar-refractivity contribution is -0.192. The first-order valence-electron chi connectivity index (χ1n) is 9.70. The molecule has 1 N–H and O–H groups in total. The summed E-state index contributed by atoms with van der Waals surface area (Å²) in [6, 6.07) is 7.72. The standard InChI is InChI=1S/C17H21N3O4S.C2HF3O2/c1-19-11-7-8-12(19)10-13(9-11)24-17(21)16-14-5-3-4-6-15(14)20(18-16)25(2,22)23;3-2(4,5)1(6)7/h3-6,11-13H,7-10H2,1-2H3;(H,6,7). The number of fused-ring (bicyclic) bond motifs is 3. The molecule has 4 rings (SSSR count). The highest BCUT2D eigenvalue weighted by atomic mass is 32.2. The monoisotopic (exact) mass is 477 g/mol. The van der Waals surface area contributed by atoms with Crippen LogP contribution in [-0.4, -0.2) is 77.2 Å². The van der Waals surface area contributed by atoms with Gasteiger partial charge in [0.1, 0.15) is 6.10 Å². The van der Waals surface area contributed by atoms with Crippen molar-refractivity contribution in [2.75, 3.05) is 13.3 Å². The molecule has 2 atom stereocenters. The molecule has 0 aliphatic carbocycles. The number of hydrogen-bond donors (Lipinski definition) is 1. The first-order valence-corrected chi connectivity index (χ1v) is 11.5. The number of ether oxygens (including phenoxy) is 1. The Bertz CT molecular complexity index is 1120. The summed E-state index contributed by atoms with van der Waals surface area (Å²) < 4.78 is 62.2. The van der Waals surface area contributed by atoms with Gasteiger partial charge < -0.3 is 14.7 Å². The second-order valence-electron chi connectivity index (χ2n) is 7.82. The summed E-state index contributed by atoms with van der Waals surface area (Å²) in [4.78, 5) is 23.9. The van der Waals surface area contributed by atoms with Crippen LogP contribution in [0.15, 0.2) is 24.3 Å². The molecule has 0 amide bonds. The van der Waals surface area contributed by atoms with Crippen LogP contribution in [0.3, 0.4) is 0 Å². The van der Waals surface area contributed by atoms with E-state index in [0.717, 1.165) is 36.0 Å². The molecule has 2 unspecified atom stereocenters. The Morgan fingerprint density at radius 2 is 1.69 bits per heavy atom. The average Bonchev–Trinajstić information content (AvgIpc) is 3.15. The third kappa shape index (κ3) is 5.04. The Morgan fingerprint density at radius 3 is 2.19 bits per heavy atom. The topological polar surface area (TPSA) is 119 Å². The predicted octanol–water partition coefficient (Wildman–Crippen LogP) is 2.26. The van der Waals surface area contributed by atoms with Gasteiger partial charge in [0.2, 0.25) is 0 Å². The third-order valence-electron chi connectivity index (χ3n) is 5.63. The quantitative estimate of drug-likeness (QED) is 0.669. The summed E-state index contributed by atoms with van der Waals surface area (Å²) in [6.45, 7) is 0. The molecular weight excluding hydrogens is 455 g/mol. The van der Waals surface area contributed by atoms with Crippen molar-refractivity contribution < 1.29 is 41.0 Å². The van der Waals surface area contributed by atoms with E-state index < -0.39 is 28.1 Å². The number of halogens is 3. The minimum atomic E-state index is -5.08. The zero-order chi connectivity index (χ0) is 23.8. The van der Waals surface area contributed by atoms with Crippen LogP contribution in [0.2, 0.25) is 0 Å². The Morgan fingerprint density at radius 1 is 1.16 bits per heavy atom. The van der Waals surface area contributed by atoms with Crippen LogP contribution in [0.25, 0.3) is 10.9 Å². The first-order chi connectivity index (χ1) is 14.8. The smallest absolute Gasteiger partial charge is 0.475 e. The number of rotatable bonds is 3. The molecule has 0 saturated carbocycles. The van der Waals surface area contributed by atoms with E-state index in [0.29, 0.717) is 23.0 Å². The average molecular weight is 477 g/mol. The Kier molecular flexibility index (Phi) is 6.52. The summed E-state index contributed by atoms with van der Waals surface area (Å²) in [6.07, 6.45) is -0.228. The lowest BCUT2D eigenvalue weighted by Crippen LogP contribution is -2.43. The van der Waals surface area contributed by atoms with E-state index in [-0.39, 0.29) is 11.8 Å². The SMILES string of the molecule is CN1C2CCC1CC(OC(=O)c1nn(S(C)(=O)=O)c3ccccc13)C2.O=C(O)C(F)(F)F. The number of esters is 1. The molecule has 2 saturated heterocycles. The maximum Gasteiger partial charge on any atom is 0.490 e. The maximum absolute atomic E-state index is 12.7. The van der Waals surface area contributed by atoms with Crippen molar-refractivity contribution in [3.05, 3.63) is 30.0 Å². The van der Waals surface area contributed by atoms with Gasteiger partial charge in [0, 0.05) is 30.3 Å². The van der Waals surface area contributed by atoms with Crippen LogP contribution in [0.5, 0.6) is 0 Å². The van der Waals surface area contributed by atoms with E-state index in [1.807, 2.05) is 0 Å². The zero-order valence-corrected chi connectivity index (χ0v) is 18.1. The number of para-hydroxylation sites is 1. The van der Waals surface area contributed by atoms with Crippen LogP contribution >= 0.6 is 0 Å². The molecular formula is C19H22F3N3O6S. The number of benzene rings is 1. The highest BCUT2D eigenvalue weighted by Crippen LogP contribution is 2.36. The van der Waals surface area contributed by atoms with Crippen molar-refractivity contribution in [2.45, 2.75) is 50.0 Å².